The minimum atomic E-state index is -0.166. The van der Waals surface area contributed by atoms with Crippen molar-refractivity contribution in [3.8, 4) is 33.9 Å². The summed E-state index contributed by atoms with van der Waals surface area (Å²) >= 11 is 0. The van der Waals surface area contributed by atoms with Crippen molar-refractivity contribution in [2.75, 3.05) is 26.3 Å². The minimum absolute atomic E-state index is 0.0249. The van der Waals surface area contributed by atoms with Crippen molar-refractivity contribution < 1.29 is 19.7 Å². The molecule has 35 heavy (non-hydrogen) atoms. The van der Waals surface area contributed by atoms with Crippen LogP contribution in [-0.4, -0.2) is 57.9 Å². The highest BCUT2D eigenvalue weighted by Gasteiger charge is 2.27. The second-order valence-electron chi connectivity index (χ2n) is 9.67. The summed E-state index contributed by atoms with van der Waals surface area (Å²) in [6.07, 6.45) is 0. The molecule has 1 aliphatic rings. The standard InChI is InChI=1S/C28H35N3O4/c1-18(2)21-14-23(26(33)16-25(21)32)24-15-22(20-8-6-5-7-9-20)27(28(34)29-19(3)4)31(24)17-30-10-12-35-13-11-30/h5-9,14-16,18-19,32-33H,10-13,17H2,1-4H3,(H,29,34). The highest BCUT2D eigenvalue weighted by atomic mass is 16.5. The Hall–Kier alpha value is -3.29. The summed E-state index contributed by atoms with van der Waals surface area (Å²) in [4.78, 5) is 15.8. The number of morpholine rings is 1. The Morgan fingerprint density at radius 2 is 1.66 bits per heavy atom. The Kier molecular flexibility index (Phi) is 7.48. The van der Waals surface area contributed by atoms with Crippen LogP contribution in [0.15, 0.2) is 48.5 Å². The van der Waals surface area contributed by atoms with E-state index in [0.29, 0.717) is 31.1 Å². The van der Waals surface area contributed by atoms with Gasteiger partial charge in [-0.2, -0.15) is 0 Å². The highest BCUT2D eigenvalue weighted by Crippen LogP contribution is 2.41. The number of rotatable bonds is 7. The smallest absolute Gasteiger partial charge is 0.268 e. The third-order valence-electron chi connectivity index (χ3n) is 6.30. The number of nitrogens with zero attached hydrogens (tertiary/aromatic N) is 2. The predicted octanol–water partition coefficient (Wildman–Crippen LogP) is 4.78. The average molecular weight is 478 g/mol. The van der Waals surface area contributed by atoms with E-state index >= 15 is 0 Å². The summed E-state index contributed by atoms with van der Waals surface area (Å²) in [7, 11) is 0. The van der Waals surface area contributed by atoms with Crippen LogP contribution >= 0.6 is 0 Å². The monoisotopic (exact) mass is 477 g/mol. The molecule has 0 aliphatic carbocycles. The lowest BCUT2D eigenvalue weighted by atomic mass is 9.97. The number of nitrogens with one attached hydrogen (secondary N) is 1. The first-order valence-electron chi connectivity index (χ1n) is 12.2. The molecule has 1 fully saturated rings. The van der Waals surface area contributed by atoms with Crippen LogP contribution in [0, 0.1) is 0 Å². The van der Waals surface area contributed by atoms with Crippen LogP contribution in [-0.2, 0) is 11.4 Å². The third kappa shape index (κ3) is 5.36. The van der Waals surface area contributed by atoms with Gasteiger partial charge in [0.25, 0.3) is 5.91 Å². The Morgan fingerprint density at radius 1 is 0.971 bits per heavy atom. The van der Waals surface area contributed by atoms with Gasteiger partial charge in [-0.3, -0.25) is 9.69 Å². The molecule has 0 saturated carbocycles. The second kappa shape index (κ2) is 10.5. The van der Waals surface area contributed by atoms with Crippen LogP contribution in [0.1, 0.15) is 49.7 Å². The number of phenols is 2. The van der Waals surface area contributed by atoms with Gasteiger partial charge in [-0.25, -0.2) is 0 Å². The molecule has 1 aliphatic heterocycles. The zero-order chi connectivity index (χ0) is 25.1. The molecule has 0 atom stereocenters. The van der Waals surface area contributed by atoms with Gasteiger partial charge in [0, 0.05) is 36.3 Å². The molecule has 1 aromatic heterocycles. The van der Waals surface area contributed by atoms with Crippen LogP contribution in [0.4, 0.5) is 0 Å². The van der Waals surface area contributed by atoms with E-state index in [-0.39, 0.29) is 29.4 Å². The fourth-order valence-corrected chi connectivity index (χ4v) is 4.54. The van der Waals surface area contributed by atoms with Gasteiger partial charge in [0.2, 0.25) is 0 Å². The van der Waals surface area contributed by atoms with Crippen molar-refractivity contribution in [2.24, 2.45) is 0 Å². The van der Waals surface area contributed by atoms with E-state index in [1.807, 2.05) is 74.7 Å². The molecule has 186 valence electrons. The largest absolute Gasteiger partial charge is 0.508 e. The molecule has 0 spiro atoms. The van der Waals surface area contributed by atoms with E-state index < -0.39 is 0 Å². The van der Waals surface area contributed by atoms with Crippen molar-refractivity contribution in [1.29, 1.82) is 0 Å². The quantitative estimate of drug-likeness (QED) is 0.456. The minimum Gasteiger partial charge on any atom is -0.508 e. The first-order chi connectivity index (χ1) is 16.8. The normalized spacial score (nSPS) is 14.6. The number of carbonyl (C=O) groups is 1. The highest BCUT2D eigenvalue weighted by molar-refractivity contribution is 6.01. The number of amides is 1. The van der Waals surface area contributed by atoms with E-state index in [9.17, 15) is 15.0 Å². The summed E-state index contributed by atoms with van der Waals surface area (Å²) in [6.45, 7) is 11.1. The van der Waals surface area contributed by atoms with Crippen molar-refractivity contribution in [3.63, 3.8) is 0 Å². The second-order valence-corrected chi connectivity index (χ2v) is 9.67. The molecule has 1 amide bonds. The van der Waals surface area contributed by atoms with Crippen molar-refractivity contribution >= 4 is 5.91 Å². The maximum Gasteiger partial charge on any atom is 0.268 e. The van der Waals surface area contributed by atoms with E-state index in [2.05, 4.69) is 10.2 Å². The van der Waals surface area contributed by atoms with Gasteiger partial charge >= 0.3 is 0 Å². The fourth-order valence-electron chi connectivity index (χ4n) is 4.54. The SMILES string of the molecule is CC(C)NC(=O)c1c(-c2ccccc2)cc(-c2cc(C(C)C)c(O)cc2O)n1CN1CCOCC1. The molecule has 2 aromatic carbocycles. The Labute approximate surface area is 207 Å². The van der Waals surface area contributed by atoms with Gasteiger partial charge < -0.3 is 24.8 Å². The Balaban J connectivity index is 1.97. The molecular weight excluding hydrogens is 442 g/mol. The first kappa shape index (κ1) is 24.8. The summed E-state index contributed by atoms with van der Waals surface area (Å²) in [6, 6.07) is 15.0. The molecule has 0 radical (unpaired) electrons. The number of benzene rings is 2. The maximum atomic E-state index is 13.6. The van der Waals surface area contributed by atoms with Crippen molar-refractivity contribution in [3.05, 3.63) is 59.8 Å². The summed E-state index contributed by atoms with van der Waals surface area (Å²) in [5, 5.41) is 24.4. The van der Waals surface area contributed by atoms with E-state index in [4.69, 9.17) is 4.74 Å². The van der Waals surface area contributed by atoms with Crippen molar-refractivity contribution in [2.45, 2.75) is 46.3 Å². The summed E-state index contributed by atoms with van der Waals surface area (Å²) in [5.41, 5.74) is 4.32. The zero-order valence-corrected chi connectivity index (χ0v) is 20.9. The molecule has 3 aromatic rings. The van der Waals surface area contributed by atoms with Gasteiger partial charge in [0.1, 0.15) is 17.2 Å². The third-order valence-corrected chi connectivity index (χ3v) is 6.30. The zero-order valence-electron chi connectivity index (χ0n) is 20.9. The molecule has 4 rings (SSSR count). The number of hydrogen-bond donors (Lipinski definition) is 3. The maximum absolute atomic E-state index is 13.6. The van der Waals surface area contributed by atoms with Crippen LogP contribution in [0.2, 0.25) is 0 Å². The van der Waals surface area contributed by atoms with Gasteiger partial charge in [0.05, 0.1) is 25.6 Å². The number of ether oxygens (including phenoxy) is 1. The molecular formula is C28H35N3O4. The van der Waals surface area contributed by atoms with Crippen LogP contribution < -0.4 is 5.32 Å². The number of hydrogen-bond acceptors (Lipinski definition) is 5. The average Bonchev–Trinajstić information content (AvgIpc) is 3.18. The molecule has 7 nitrogen and oxygen atoms in total. The van der Waals surface area contributed by atoms with Gasteiger partial charge in [-0.15, -0.1) is 0 Å². The van der Waals surface area contributed by atoms with Crippen LogP contribution in [0.25, 0.3) is 22.4 Å². The van der Waals surface area contributed by atoms with Gasteiger partial charge in [-0.1, -0.05) is 44.2 Å². The molecule has 0 bridgehead atoms. The van der Waals surface area contributed by atoms with Crippen molar-refractivity contribution in [1.82, 2.24) is 14.8 Å². The molecule has 2 heterocycles. The topological polar surface area (TPSA) is 87.0 Å². The van der Waals surface area contributed by atoms with E-state index in [0.717, 1.165) is 35.5 Å². The van der Waals surface area contributed by atoms with Crippen LogP contribution in [0.5, 0.6) is 11.5 Å². The molecule has 1 saturated heterocycles. The lowest BCUT2D eigenvalue weighted by Gasteiger charge is -2.29. The fraction of sp³-hybridized carbons (Fsp3) is 0.393. The van der Waals surface area contributed by atoms with E-state index in [1.165, 1.54) is 6.07 Å². The number of carbonyl (C=O) groups excluding carboxylic acids is 1. The van der Waals surface area contributed by atoms with Crippen LogP contribution in [0.3, 0.4) is 0 Å². The summed E-state index contributed by atoms with van der Waals surface area (Å²) in [5.74, 6) is -0.0633. The number of aromatic hydroxyl groups is 2. The number of aromatic nitrogens is 1. The number of phenolic OH excluding ortho intramolecular Hbond substituents is 2. The van der Waals surface area contributed by atoms with Gasteiger partial charge in [-0.05, 0) is 43.0 Å². The predicted molar refractivity (Wildman–Crippen MR) is 138 cm³/mol. The molecule has 7 heteroatoms. The Morgan fingerprint density at radius 3 is 2.29 bits per heavy atom. The van der Waals surface area contributed by atoms with E-state index in [1.54, 1.807) is 0 Å². The summed E-state index contributed by atoms with van der Waals surface area (Å²) < 4.78 is 7.52. The lowest BCUT2D eigenvalue weighted by molar-refractivity contribution is 0.0233. The van der Waals surface area contributed by atoms with Gasteiger partial charge in [0.15, 0.2) is 0 Å². The molecule has 3 N–H and O–H groups in total. The lowest BCUT2D eigenvalue weighted by Crippen LogP contribution is -2.39. The molecule has 0 unspecified atom stereocenters. The Bertz CT molecular complexity index is 1180. The first-order valence-corrected chi connectivity index (χ1v) is 12.2.